The fraction of sp³-hybridized carbons (Fsp3) is 0.414. The van der Waals surface area contributed by atoms with Gasteiger partial charge in [0.1, 0.15) is 11.9 Å². The summed E-state index contributed by atoms with van der Waals surface area (Å²) in [5, 5.41) is 17.0. The Labute approximate surface area is 226 Å². The van der Waals surface area contributed by atoms with Gasteiger partial charge in [-0.2, -0.15) is 5.10 Å². The van der Waals surface area contributed by atoms with Crippen molar-refractivity contribution in [2.75, 3.05) is 11.9 Å². The monoisotopic (exact) mass is 537 g/mol. The fourth-order valence-electron chi connectivity index (χ4n) is 5.70. The summed E-state index contributed by atoms with van der Waals surface area (Å²) in [6.45, 7) is 6.48. The molecule has 0 bridgehead atoms. The molecule has 3 aromatic rings. The van der Waals surface area contributed by atoms with Crippen LogP contribution in [0.1, 0.15) is 55.9 Å². The van der Waals surface area contributed by atoms with Crippen LogP contribution in [-0.2, 0) is 26.7 Å². The molecule has 1 saturated heterocycles. The second-order valence-corrected chi connectivity index (χ2v) is 11.3. The highest BCUT2D eigenvalue weighted by Gasteiger charge is 2.62. The highest BCUT2D eigenvalue weighted by Crippen LogP contribution is 2.59. The maximum Gasteiger partial charge on any atom is 0.413 e. The van der Waals surface area contributed by atoms with E-state index >= 15 is 0 Å². The fourth-order valence-corrected chi connectivity index (χ4v) is 5.99. The third-order valence-corrected chi connectivity index (χ3v) is 8.35. The lowest BCUT2D eigenvalue weighted by atomic mass is 9.75. The zero-order valence-electron chi connectivity index (χ0n) is 22.0. The highest BCUT2D eigenvalue weighted by atomic mass is 35.5. The molecule has 8 nitrogen and oxygen atoms in total. The maximum absolute atomic E-state index is 12.8. The minimum Gasteiger partial charge on any atom is -0.481 e. The van der Waals surface area contributed by atoms with Crippen LogP contribution in [0.15, 0.2) is 48.7 Å². The molecule has 3 unspecified atom stereocenters. The van der Waals surface area contributed by atoms with Crippen LogP contribution in [0.5, 0.6) is 0 Å². The number of carboxylic acid groups (broad SMARTS) is 1. The molecule has 0 spiro atoms. The van der Waals surface area contributed by atoms with E-state index < -0.39 is 23.8 Å². The van der Waals surface area contributed by atoms with Gasteiger partial charge in [-0.3, -0.25) is 14.8 Å². The molecule has 2 N–H and O–H groups in total. The summed E-state index contributed by atoms with van der Waals surface area (Å²) < 4.78 is 13.4. The average molecular weight is 538 g/mol. The van der Waals surface area contributed by atoms with Gasteiger partial charge in [-0.1, -0.05) is 54.9 Å². The van der Waals surface area contributed by atoms with Gasteiger partial charge in [0.2, 0.25) is 0 Å². The van der Waals surface area contributed by atoms with E-state index in [-0.39, 0.29) is 17.8 Å². The Morgan fingerprint density at radius 3 is 2.71 bits per heavy atom. The number of aliphatic carboxylic acids is 1. The molecule has 1 aliphatic heterocycles. The van der Waals surface area contributed by atoms with Crippen molar-refractivity contribution in [1.29, 1.82) is 0 Å². The Balaban J connectivity index is 1.32. The Morgan fingerprint density at radius 1 is 1.26 bits per heavy atom. The number of aryl methyl sites for hydroxylation is 2. The van der Waals surface area contributed by atoms with E-state index in [0.29, 0.717) is 17.4 Å². The number of carboxylic acids is 1. The molecule has 9 heteroatoms. The SMILES string of the molecule is Cc1cc(C2(C)COC3(CC(=O)O)CC3C2)ccc1-c1cnn(C)c1NC(=O)O[C@H](C)c1ccccc1Cl. The van der Waals surface area contributed by atoms with Crippen molar-refractivity contribution in [2.45, 2.75) is 57.2 Å². The third kappa shape index (κ3) is 4.90. The number of aromatic nitrogens is 2. The molecular formula is C29H32ClN3O5. The van der Waals surface area contributed by atoms with E-state index in [4.69, 9.17) is 21.1 Å². The number of hydrogen-bond donors (Lipinski definition) is 2. The predicted molar refractivity (Wildman–Crippen MR) is 144 cm³/mol. The van der Waals surface area contributed by atoms with Crippen molar-refractivity contribution >= 4 is 29.5 Å². The zero-order valence-corrected chi connectivity index (χ0v) is 22.7. The van der Waals surface area contributed by atoms with Crippen molar-refractivity contribution in [3.63, 3.8) is 0 Å². The van der Waals surface area contributed by atoms with Gasteiger partial charge >= 0.3 is 12.1 Å². The van der Waals surface area contributed by atoms with Gasteiger partial charge in [-0.25, -0.2) is 4.79 Å². The lowest BCUT2D eigenvalue weighted by Gasteiger charge is -2.37. The van der Waals surface area contributed by atoms with Gasteiger partial charge in [0.15, 0.2) is 0 Å². The van der Waals surface area contributed by atoms with E-state index in [1.807, 2.05) is 31.2 Å². The van der Waals surface area contributed by atoms with Crippen LogP contribution < -0.4 is 5.32 Å². The third-order valence-electron chi connectivity index (χ3n) is 8.00. The van der Waals surface area contributed by atoms with Gasteiger partial charge in [-0.05, 0) is 55.4 Å². The standard InChI is InChI=1S/C29H32ClN3O5/c1-17-11-19(28(3)12-20-13-29(20,37-16-28)14-25(34)35)9-10-21(17)23-15-31-33(4)26(23)32-27(36)38-18(2)22-7-5-6-8-24(22)30/h5-11,15,18,20H,12-14,16H2,1-4H3,(H,32,36)(H,34,35)/t18-,20?,28?,29?/m1/s1. The number of rotatable bonds is 7. The van der Waals surface area contributed by atoms with Crippen LogP contribution in [-0.4, -0.2) is 39.2 Å². The summed E-state index contributed by atoms with van der Waals surface area (Å²) >= 11 is 6.25. The lowest BCUT2D eigenvalue weighted by molar-refractivity contribution is -0.143. The van der Waals surface area contributed by atoms with Crippen LogP contribution >= 0.6 is 11.6 Å². The summed E-state index contributed by atoms with van der Waals surface area (Å²) in [7, 11) is 1.76. The molecule has 2 aliphatic rings. The first-order valence-electron chi connectivity index (χ1n) is 12.7. The summed E-state index contributed by atoms with van der Waals surface area (Å²) in [4.78, 5) is 24.0. The summed E-state index contributed by atoms with van der Waals surface area (Å²) in [6.07, 6.45) is 2.38. The minimum absolute atomic E-state index is 0.0715. The highest BCUT2D eigenvalue weighted by molar-refractivity contribution is 6.31. The van der Waals surface area contributed by atoms with Gasteiger partial charge in [0, 0.05) is 28.6 Å². The first kappa shape index (κ1) is 26.3. The Bertz CT molecular complexity index is 1400. The van der Waals surface area contributed by atoms with Crippen LogP contribution in [0.25, 0.3) is 11.1 Å². The summed E-state index contributed by atoms with van der Waals surface area (Å²) in [5.41, 5.74) is 3.98. The average Bonchev–Trinajstić information content (AvgIpc) is 3.43. The smallest absolute Gasteiger partial charge is 0.413 e. The lowest BCUT2D eigenvalue weighted by Crippen LogP contribution is -2.39. The quantitative estimate of drug-likeness (QED) is 0.368. The number of nitrogens with one attached hydrogen (secondary N) is 1. The number of anilines is 1. The number of ether oxygens (including phenoxy) is 2. The van der Waals surface area contributed by atoms with Crippen molar-refractivity contribution in [2.24, 2.45) is 13.0 Å². The van der Waals surface area contributed by atoms with Crippen LogP contribution in [0.2, 0.25) is 5.02 Å². The largest absolute Gasteiger partial charge is 0.481 e. The number of amides is 1. The molecule has 1 saturated carbocycles. The van der Waals surface area contributed by atoms with Gasteiger partial charge in [0.05, 0.1) is 24.8 Å². The van der Waals surface area contributed by atoms with E-state index in [1.165, 1.54) is 0 Å². The summed E-state index contributed by atoms with van der Waals surface area (Å²) in [5.74, 6) is -0.00845. The van der Waals surface area contributed by atoms with E-state index in [0.717, 1.165) is 40.7 Å². The molecule has 2 aromatic carbocycles. The van der Waals surface area contributed by atoms with Crippen molar-refractivity contribution in [3.8, 4) is 11.1 Å². The van der Waals surface area contributed by atoms with E-state index in [2.05, 4.69) is 29.5 Å². The van der Waals surface area contributed by atoms with Crippen LogP contribution in [0.3, 0.4) is 0 Å². The molecule has 4 atom stereocenters. The normalized spacial score (nSPS) is 24.8. The number of nitrogens with zero attached hydrogens (tertiary/aromatic N) is 2. The molecule has 1 amide bonds. The molecule has 200 valence electrons. The predicted octanol–water partition coefficient (Wildman–Crippen LogP) is 6.27. The van der Waals surface area contributed by atoms with Crippen molar-refractivity contribution in [1.82, 2.24) is 9.78 Å². The summed E-state index contributed by atoms with van der Waals surface area (Å²) in [6, 6.07) is 13.6. The molecule has 2 fully saturated rings. The zero-order chi connectivity index (χ0) is 27.2. The second-order valence-electron chi connectivity index (χ2n) is 10.8. The second kappa shape index (κ2) is 9.75. The Hall–Kier alpha value is -3.36. The number of benzene rings is 2. The number of hydrogen-bond acceptors (Lipinski definition) is 5. The first-order valence-corrected chi connectivity index (χ1v) is 13.1. The van der Waals surface area contributed by atoms with Gasteiger partial charge < -0.3 is 14.6 Å². The number of carbonyl (C=O) groups is 2. The Kier molecular flexibility index (Phi) is 6.73. The van der Waals surface area contributed by atoms with Crippen molar-refractivity contribution < 1.29 is 24.2 Å². The van der Waals surface area contributed by atoms with Crippen molar-refractivity contribution in [3.05, 3.63) is 70.4 Å². The molecule has 5 rings (SSSR count). The number of halogens is 1. The number of carbonyl (C=O) groups excluding carboxylic acids is 1. The van der Waals surface area contributed by atoms with Gasteiger partial charge in [0.25, 0.3) is 0 Å². The molecule has 0 radical (unpaired) electrons. The Morgan fingerprint density at radius 2 is 2.03 bits per heavy atom. The molecule has 1 aliphatic carbocycles. The maximum atomic E-state index is 12.8. The molecule has 38 heavy (non-hydrogen) atoms. The van der Waals surface area contributed by atoms with E-state index in [1.54, 1.807) is 30.9 Å². The molecule has 2 heterocycles. The van der Waals surface area contributed by atoms with Crippen LogP contribution in [0.4, 0.5) is 10.6 Å². The molecular weight excluding hydrogens is 506 g/mol. The first-order chi connectivity index (χ1) is 18.0. The topological polar surface area (TPSA) is 103 Å². The van der Waals surface area contributed by atoms with E-state index in [9.17, 15) is 14.7 Å². The number of fused-ring (bicyclic) bond motifs is 1. The van der Waals surface area contributed by atoms with Gasteiger partial charge in [-0.15, -0.1) is 0 Å². The van der Waals surface area contributed by atoms with Crippen LogP contribution in [0, 0.1) is 12.8 Å². The minimum atomic E-state index is -0.806. The molecule has 1 aromatic heterocycles.